The molecule has 7 heteroatoms. The van der Waals surface area contributed by atoms with E-state index in [0.29, 0.717) is 18.5 Å². The summed E-state index contributed by atoms with van der Waals surface area (Å²) in [6.45, 7) is 3.47. The molecule has 1 unspecified atom stereocenters. The number of fused-ring (bicyclic) bond motifs is 1. The molecule has 4 rings (SSSR count). The molecule has 2 amide bonds. The summed E-state index contributed by atoms with van der Waals surface area (Å²) in [5.41, 5.74) is 1.70. The topological polar surface area (TPSA) is 64.3 Å². The molecule has 27 heavy (non-hydrogen) atoms. The third-order valence-corrected chi connectivity index (χ3v) is 5.79. The van der Waals surface area contributed by atoms with Crippen molar-refractivity contribution in [2.75, 3.05) is 24.5 Å². The largest absolute Gasteiger partial charge is 0.355 e. The van der Waals surface area contributed by atoms with Gasteiger partial charge in [-0.15, -0.1) is 0 Å². The number of urea groups is 1. The molecular weight excluding hydrogens is 345 g/mol. The van der Waals surface area contributed by atoms with Gasteiger partial charge < -0.3 is 19.7 Å². The molecule has 3 heterocycles. The van der Waals surface area contributed by atoms with E-state index < -0.39 is 6.17 Å². The first-order chi connectivity index (χ1) is 13.0. The number of anilines is 1. The van der Waals surface area contributed by atoms with Crippen molar-refractivity contribution >= 4 is 22.8 Å². The Hall–Kier alpha value is -2.75. The molecule has 0 aliphatic carbocycles. The fraction of sp³-hybridized carbons (Fsp3) is 0.500. The average Bonchev–Trinajstić information content (AvgIpc) is 3.31. The highest BCUT2D eigenvalue weighted by Crippen LogP contribution is 2.33. The van der Waals surface area contributed by atoms with Gasteiger partial charge in [0, 0.05) is 44.0 Å². The highest BCUT2D eigenvalue weighted by molar-refractivity contribution is 5.93. The maximum absolute atomic E-state index is 13.5. The zero-order chi connectivity index (χ0) is 19.1. The van der Waals surface area contributed by atoms with E-state index in [-0.39, 0.29) is 24.7 Å². The SMILES string of the molecule is CC1C[C@H](F)CN1C(=O)N[C@H]1CCN(c2c(C#N)c3ccccc3n2C)C1. The van der Waals surface area contributed by atoms with Gasteiger partial charge in [-0.1, -0.05) is 18.2 Å². The minimum atomic E-state index is -0.931. The second kappa shape index (κ2) is 6.76. The third kappa shape index (κ3) is 2.99. The van der Waals surface area contributed by atoms with Crippen molar-refractivity contribution < 1.29 is 9.18 Å². The van der Waals surface area contributed by atoms with Crippen LogP contribution in [0.25, 0.3) is 10.9 Å². The predicted octanol–water partition coefficient (Wildman–Crippen LogP) is 2.77. The van der Waals surface area contributed by atoms with E-state index in [2.05, 4.69) is 16.3 Å². The van der Waals surface area contributed by atoms with Crippen LogP contribution in [0.3, 0.4) is 0 Å². The van der Waals surface area contributed by atoms with Crippen LogP contribution in [-0.2, 0) is 7.05 Å². The highest BCUT2D eigenvalue weighted by Gasteiger charge is 2.35. The van der Waals surface area contributed by atoms with Crippen LogP contribution in [0, 0.1) is 11.3 Å². The van der Waals surface area contributed by atoms with Crippen molar-refractivity contribution in [1.29, 1.82) is 5.26 Å². The number of aryl methyl sites for hydroxylation is 1. The summed E-state index contributed by atoms with van der Waals surface area (Å²) in [6, 6.07) is 9.97. The summed E-state index contributed by atoms with van der Waals surface area (Å²) in [5.74, 6) is 0.897. The van der Waals surface area contributed by atoms with Crippen LogP contribution >= 0.6 is 0 Å². The van der Waals surface area contributed by atoms with E-state index in [4.69, 9.17) is 0 Å². The molecule has 2 aliphatic heterocycles. The van der Waals surface area contributed by atoms with Crippen molar-refractivity contribution in [2.24, 2.45) is 7.05 Å². The Morgan fingerprint density at radius 3 is 2.81 bits per heavy atom. The number of aromatic nitrogens is 1. The van der Waals surface area contributed by atoms with Crippen molar-refractivity contribution in [3.63, 3.8) is 0 Å². The summed E-state index contributed by atoms with van der Waals surface area (Å²) in [4.78, 5) is 16.3. The lowest BCUT2D eigenvalue weighted by Crippen LogP contribution is -2.47. The fourth-order valence-electron chi connectivity index (χ4n) is 4.44. The number of carbonyl (C=O) groups is 1. The quantitative estimate of drug-likeness (QED) is 0.885. The van der Waals surface area contributed by atoms with Crippen molar-refractivity contribution in [3.8, 4) is 6.07 Å². The van der Waals surface area contributed by atoms with Crippen molar-refractivity contribution in [2.45, 2.75) is 38.0 Å². The number of nitriles is 1. The molecule has 2 aliphatic rings. The molecule has 2 aromatic rings. The molecule has 1 N–H and O–H groups in total. The number of rotatable bonds is 2. The van der Waals surface area contributed by atoms with E-state index >= 15 is 0 Å². The number of likely N-dealkylation sites (tertiary alicyclic amines) is 1. The number of hydrogen-bond donors (Lipinski definition) is 1. The number of carbonyl (C=O) groups excluding carboxylic acids is 1. The van der Waals surface area contributed by atoms with Crippen LogP contribution in [-0.4, -0.2) is 53.4 Å². The molecule has 0 saturated carbocycles. The molecule has 1 aromatic heterocycles. The van der Waals surface area contributed by atoms with Gasteiger partial charge in [0.25, 0.3) is 0 Å². The van der Waals surface area contributed by atoms with Gasteiger partial charge in [0.2, 0.25) is 0 Å². The van der Waals surface area contributed by atoms with Crippen molar-refractivity contribution in [1.82, 2.24) is 14.8 Å². The number of para-hydroxylation sites is 1. The van der Waals surface area contributed by atoms with E-state index in [0.717, 1.165) is 29.7 Å². The smallest absolute Gasteiger partial charge is 0.318 e. The zero-order valence-electron chi connectivity index (χ0n) is 15.7. The third-order valence-electron chi connectivity index (χ3n) is 5.79. The molecule has 1 aromatic carbocycles. The van der Waals surface area contributed by atoms with E-state index in [1.807, 2.05) is 42.8 Å². The summed E-state index contributed by atoms with van der Waals surface area (Å²) in [6.07, 6.45) is 0.283. The monoisotopic (exact) mass is 369 g/mol. The molecule has 142 valence electrons. The van der Waals surface area contributed by atoms with Crippen molar-refractivity contribution in [3.05, 3.63) is 29.8 Å². The van der Waals surface area contributed by atoms with Crippen LogP contribution in [0.1, 0.15) is 25.3 Å². The Morgan fingerprint density at radius 2 is 2.11 bits per heavy atom. The Kier molecular flexibility index (Phi) is 4.42. The Labute approximate surface area is 158 Å². The number of nitrogens with one attached hydrogen (secondary N) is 1. The van der Waals surface area contributed by atoms with Gasteiger partial charge in [-0.3, -0.25) is 0 Å². The van der Waals surface area contributed by atoms with Gasteiger partial charge in [-0.2, -0.15) is 5.26 Å². The minimum Gasteiger partial charge on any atom is -0.355 e. The summed E-state index contributed by atoms with van der Waals surface area (Å²) < 4.78 is 15.6. The lowest BCUT2D eigenvalue weighted by molar-refractivity contribution is 0.190. The van der Waals surface area contributed by atoms with Crippen LogP contribution < -0.4 is 10.2 Å². The van der Waals surface area contributed by atoms with Gasteiger partial charge >= 0.3 is 6.03 Å². The highest BCUT2D eigenvalue weighted by atomic mass is 19.1. The number of nitrogens with zero attached hydrogens (tertiary/aromatic N) is 4. The Bertz CT molecular complexity index is 917. The number of alkyl halides is 1. The van der Waals surface area contributed by atoms with Crippen LogP contribution in [0.5, 0.6) is 0 Å². The first kappa shape index (κ1) is 17.7. The molecule has 0 bridgehead atoms. The van der Waals surface area contributed by atoms with E-state index in [9.17, 15) is 14.4 Å². The molecule has 2 fully saturated rings. The van der Waals surface area contributed by atoms with Crippen LogP contribution in [0.4, 0.5) is 15.0 Å². The zero-order valence-corrected chi connectivity index (χ0v) is 15.7. The number of benzene rings is 1. The molecule has 0 spiro atoms. The van der Waals surface area contributed by atoms with E-state index in [1.165, 1.54) is 0 Å². The molecule has 0 radical (unpaired) electrons. The number of amides is 2. The normalized spacial score (nSPS) is 25.2. The summed E-state index contributed by atoms with van der Waals surface area (Å²) in [7, 11) is 1.97. The first-order valence-electron chi connectivity index (χ1n) is 9.43. The molecular formula is C20H24FN5O. The second-order valence-corrected chi connectivity index (χ2v) is 7.60. The summed E-state index contributed by atoms with van der Waals surface area (Å²) in [5, 5.41) is 13.7. The standard InChI is InChI=1S/C20H24FN5O/c1-13-9-14(21)11-26(13)20(27)23-15-7-8-25(12-15)19-17(10-22)16-5-3-4-6-18(16)24(19)2/h3-6,13-15H,7-9,11-12H2,1-2H3,(H,23,27)/t13?,14-,15-/m0/s1. The molecule has 6 nitrogen and oxygen atoms in total. The maximum Gasteiger partial charge on any atom is 0.318 e. The van der Waals surface area contributed by atoms with Crippen LogP contribution in [0.15, 0.2) is 24.3 Å². The summed E-state index contributed by atoms with van der Waals surface area (Å²) >= 11 is 0. The van der Waals surface area contributed by atoms with Crippen LogP contribution in [0.2, 0.25) is 0 Å². The van der Waals surface area contributed by atoms with Gasteiger partial charge in [0.1, 0.15) is 23.6 Å². The lowest BCUT2D eigenvalue weighted by atomic mass is 10.2. The van der Waals surface area contributed by atoms with Gasteiger partial charge in [0.15, 0.2) is 0 Å². The van der Waals surface area contributed by atoms with Gasteiger partial charge in [-0.05, 0) is 19.4 Å². The van der Waals surface area contributed by atoms with Gasteiger partial charge in [-0.25, -0.2) is 9.18 Å². The number of halogens is 1. The Balaban J connectivity index is 1.51. The predicted molar refractivity (Wildman–Crippen MR) is 102 cm³/mol. The van der Waals surface area contributed by atoms with E-state index in [1.54, 1.807) is 4.90 Å². The van der Waals surface area contributed by atoms with Gasteiger partial charge in [0.05, 0.1) is 12.1 Å². The molecule has 3 atom stereocenters. The first-order valence-corrected chi connectivity index (χ1v) is 9.43. The average molecular weight is 369 g/mol. The maximum atomic E-state index is 13.5. The molecule has 2 saturated heterocycles. The second-order valence-electron chi connectivity index (χ2n) is 7.60. The Morgan fingerprint density at radius 1 is 1.33 bits per heavy atom. The fourth-order valence-corrected chi connectivity index (χ4v) is 4.44. The minimum absolute atomic E-state index is 0.00656. The lowest BCUT2D eigenvalue weighted by Gasteiger charge is -2.24. The number of hydrogen-bond acceptors (Lipinski definition) is 3.